The highest BCUT2D eigenvalue weighted by molar-refractivity contribution is 5.31. The molecular weight excluding hydrogens is 164 g/mol. The highest BCUT2D eigenvalue weighted by atomic mass is 16.7. The molecule has 2 aromatic rings. The van der Waals surface area contributed by atoms with Crippen LogP contribution in [0.5, 0.6) is 5.75 Å². The maximum Gasteiger partial charge on any atom is 0.158 e. The van der Waals surface area contributed by atoms with Gasteiger partial charge in [-0.15, -0.1) is 0 Å². The Morgan fingerprint density at radius 1 is 1.31 bits per heavy atom. The topological polar surface area (TPSA) is 27.1 Å². The third-order valence-corrected chi connectivity index (χ3v) is 1.78. The Bertz CT molecular complexity index is 382. The van der Waals surface area contributed by atoms with Gasteiger partial charge in [-0.3, -0.25) is 0 Å². The van der Waals surface area contributed by atoms with E-state index in [2.05, 4.69) is 4.98 Å². The van der Waals surface area contributed by atoms with E-state index < -0.39 is 0 Å². The summed E-state index contributed by atoms with van der Waals surface area (Å²) in [6, 6.07) is 7.86. The van der Waals surface area contributed by atoms with Gasteiger partial charge in [-0.2, -0.15) is 4.73 Å². The van der Waals surface area contributed by atoms with E-state index in [9.17, 15) is 0 Å². The molecule has 0 N–H and O–H groups in total. The molecule has 2 rings (SSSR count). The molecule has 0 aliphatic rings. The molecule has 0 spiro atoms. The minimum atomic E-state index is 0.848. The zero-order valence-electron chi connectivity index (χ0n) is 7.34. The van der Waals surface area contributed by atoms with Crippen molar-refractivity contribution in [1.82, 2.24) is 9.71 Å². The summed E-state index contributed by atoms with van der Waals surface area (Å²) in [5.41, 5.74) is 1.11. The molecule has 66 valence electrons. The molecule has 1 aromatic carbocycles. The van der Waals surface area contributed by atoms with Gasteiger partial charge in [0.25, 0.3) is 0 Å². The summed E-state index contributed by atoms with van der Waals surface area (Å²) in [7, 11) is 0. The van der Waals surface area contributed by atoms with Crippen LogP contribution in [0.2, 0.25) is 0 Å². The quantitative estimate of drug-likeness (QED) is 0.696. The average Bonchev–Trinajstić information content (AvgIpc) is 2.61. The van der Waals surface area contributed by atoms with E-state index in [0.29, 0.717) is 0 Å². The van der Waals surface area contributed by atoms with Crippen LogP contribution in [0.25, 0.3) is 0 Å². The second kappa shape index (κ2) is 3.31. The number of aryl methyl sites for hydroxylation is 1. The van der Waals surface area contributed by atoms with Crippen molar-refractivity contribution in [2.24, 2.45) is 0 Å². The molecule has 0 saturated heterocycles. The lowest BCUT2D eigenvalue weighted by molar-refractivity contribution is 0.214. The highest BCUT2D eigenvalue weighted by Gasteiger charge is 1.97. The van der Waals surface area contributed by atoms with E-state index in [0.717, 1.165) is 11.3 Å². The van der Waals surface area contributed by atoms with Crippen molar-refractivity contribution in [1.29, 1.82) is 0 Å². The Morgan fingerprint density at radius 2 is 2.15 bits per heavy atom. The van der Waals surface area contributed by atoms with Gasteiger partial charge in [0, 0.05) is 6.20 Å². The van der Waals surface area contributed by atoms with E-state index in [1.165, 1.54) is 0 Å². The highest BCUT2D eigenvalue weighted by Crippen LogP contribution is 2.16. The fourth-order valence-corrected chi connectivity index (χ4v) is 1.07. The van der Waals surface area contributed by atoms with Crippen LogP contribution in [0.4, 0.5) is 0 Å². The van der Waals surface area contributed by atoms with Crippen LogP contribution in [0.1, 0.15) is 5.56 Å². The summed E-state index contributed by atoms with van der Waals surface area (Å²) in [5.74, 6) is 0.848. The first-order valence-corrected chi connectivity index (χ1v) is 4.08. The van der Waals surface area contributed by atoms with E-state index in [-0.39, 0.29) is 0 Å². The number of nitrogens with zero attached hydrogens (tertiary/aromatic N) is 2. The molecule has 1 aromatic heterocycles. The zero-order chi connectivity index (χ0) is 9.10. The molecule has 0 aliphatic carbocycles. The molecule has 3 nitrogen and oxygen atoms in total. The molecule has 0 aliphatic heterocycles. The van der Waals surface area contributed by atoms with E-state index >= 15 is 0 Å². The molecule has 1 heterocycles. The standard InChI is InChI=1S/C10H10N2O/c1-9-4-2-3-5-10(9)13-12-7-6-11-8-12/h2-8H,1H3. The Kier molecular flexibility index (Phi) is 2.00. The summed E-state index contributed by atoms with van der Waals surface area (Å²) in [6.07, 6.45) is 5.05. The first-order chi connectivity index (χ1) is 6.36. The molecule has 0 bridgehead atoms. The summed E-state index contributed by atoms with van der Waals surface area (Å²) >= 11 is 0. The minimum absolute atomic E-state index is 0.848. The summed E-state index contributed by atoms with van der Waals surface area (Å²) in [6.45, 7) is 2.01. The number of imidazole rings is 1. The number of rotatable bonds is 2. The van der Waals surface area contributed by atoms with Gasteiger partial charge in [0.1, 0.15) is 6.33 Å². The third-order valence-electron chi connectivity index (χ3n) is 1.78. The predicted octanol–water partition coefficient (Wildman–Crippen LogP) is 2.03. The maximum atomic E-state index is 5.50. The van der Waals surface area contributed by atoms with Gasteiger partial charge in [-0.1, -0.05) is 18.2 Å². The molecule has 0 amide bonds. The third kappa shape index (κ3) is 1.69. The van der Waals surface area contributed by atoms with E-state index in [1.807, 2.05) is 31.2 Å². The van der Waals surface area contributed by atoms with Crippen molar-refractivity contribution in [3.05, 3.63) is 48.5 Å². The van der Waals surface area contributed by atoms with Crippen LogP contribution in [0.15, 0.2) is 43.0 Å². The first kappa shape index (κ1) is 7.86. The fourth-order valence-electron chi connectivity index (χ4n) is 1.07. The molecule has 0 radical (unpaired) electrons. The molecule has 0 saturated carbocycles. The Labute approximate surface area is 76.6 Å². The SMILES string of the molecule is Cc1ccccc1On1ccnc1. The van der Waals surface area contributed by atoms with Crippen molar-refractivity contribution in [3.63, 3.8) is 0 Å². The normalized spacial score (nSPS) is 9.92. The van der Waals surface area contributed by atoms with Gasteiger partial charge in [0.05, 0.1) is 6.20 Å². The average molecular weight is 174 g/mol. The Hall–Kier alpha value is -1.77. The lowest BCUT2D eigenvalue weighted by Crippen LogP contribution is -2.02. The van der Waals surface area contributed by atoms with Crippen molar-refractivity contribution >= 4 is 0 Å². The molecule has 3 heteroatoms. The minimum Gasteiger partial charge on any atom is -0.374 e. The largest absolute Gasteiger partial charge is 0.374 e. The van der Waals surface area contributed by atoms with Crippen molar-refractivity contribution < 1.29 is 4.84 Å². The van der Waals surface area contributed by atoms with Crippen LogP contribution >= 0.6 is 0 Å². The van der Waals surface area contributed by atoms with Crippen molar-refractivity contribution in [2.75, 3.05) is 0 Å². The second-order valence-corrected chi connectivity index (χ2v) is 2.78. The van der Waals surface area contributed by atoms with Crippen LogP contribution < -0.4 is 4.84 Å². The van der Waals surface area contributed by atoms with Crippen LogP contribution in [0.3, 0.4) is 0 Å². The Balaban J connectivity index is 2.24. The van der Waals surface area contributed by atoms with Gasteiger partial charge in [0.2, 0.25) is 0 Å². The van der Waals surface area contributed by atoms with Crippen molar-refractivity contribution in [2.45, 2.75) is 6.92 Å². The van der Waals surface area contributed by atoms with Crippen molar-refractivity contribution in [3.8, 4) is 5.75 Å². The maximum absolute atomic E-state index is 5.50. The van der Waals surface area contributed by atoms with E-state index in [4.69, 9.17) is 4.84 Å². The van der Waals surface area contributed by atoms with Gasteiger partial charge in [-0.25, -0.2) is 4.98 Å². The first-order valence-electron chi connectivity index (χ1n) is 4.08. The van der Waals surface area contributed by atoms with Crippen LogP contribution in [-0.4, -0.2) is 9.71 Å². The number of hydrogen-bond acceptors (Lipinski definition) is 2. The smallest absolute Gasteiger partial charge is 0.158 e. The van der Waals surface area contributed by atoms with Gasteiger partial charge in [0.15, 0.2) is 5.75 Å². The van der Waals surface area contributed by atoms with Gasteiger partial charge < -0.3 is 4.84 Å². The number of benzene rings is 1. The van der Waals surface area contributed by atoms with Crippen LogP contribution in [-0.2, 0) is 0 Å². The molecule has 0 atom stereocenters. The summed E-state index contributed by atoms with van der Waals surface area (Å²) in [5, 5.41) is 0. The van der Waals surface area contributed by atoms with Crippen LogP contribution in [0, 0.1) is 6.92 Å². The second-order valence-electron chi connectivity index (χ2n) is 2.78. The van der Waals surface area contributed by atoms with Gasteiger partial charge >= 0.3 is 0 Å². The fraction of sp³-hybridized carbons (Fsp3) is 0.100. The molecule has 0 unspecified atom stereocenters. The number of para-hydroxylation sites is 1. The summed E-state index contributed by atoms with van der Waals surface area (Å²) in [4.78, 5) is 9.39. The van der Waals surface area contributed by atoms with Gasteiger partial charge in [-0.05, 0) is 18.6 Å². The lowest BCUT2D eigenvalue weighted by atomic mass is 10.2. The number of hydrogen-bond donors (Lipinski definition) is 0. The van der Waals surface area contributed by atoms with E-state index in [1.54, 1.807) is 23.5 Å². The monoisotopic (exact) mass is 174 g/mol. The number of aromatic nitrogens is 2. The molecule has 0 fully saturated rings. The molecular formula is C10H10N2O. The Morgan fingerprint density at radius 3 is 2.85 bits per heavy atom. The molecule has 13 heavy (non-hydrogen) atoms. The predicted molar refractivity (Wildman–Crippen MR) is 49.4 cm³/mol. The summed E-state index contributed by atoms with van der Waals surface area (Å²) < 4.78 is 1.57. The zero-order valence-corrected chi connectivity index (χ0v) is 7.34. The lowest BCUT2D eigenvalue weighted by Gasteiger charge is -2.06.